The maximum absolute atomic E-state index is 11.0. The van der Waals surface area contributed by atoms with Crippen LogP contribution in [0, 0.1) is 0 Å². The van der Waals surface area contributed by atoms with Crippen LogP contribution in [0.25, 0.3) is 0 Å². The van der Waals surface area contributed by atoms with Gasteiger partial charge in [-0.3, -0.25) is 4.79 Å². The van der Waals surface area contributed by atoms with Crippen LogP contribution in [0.15, 0.2) is 48.5 Å². The van der Waals surface area contributed by atoms with E-state index in [0.29, 0.717) is 18.0 Å². The first-order valence-corrected chi connectivity index (χ1v) is 6.74. The van der Waals surface area contributed by atoms with Crippen molar-refractivity contribution in [2.75, 3.05) is 17.2 Å². The molecule has 21 heavy (non-hydrogen) atoms. The summed E-state index contributed by atoms with van der Waals surface area (Å²) >= 11 is 0. The van der Waals surface area contributed by atoms with Gasteiger partial charge in [0.25, 0.3) is 0 Å². The van der Waals surface area contributed by atoms with E-state index in [2.05, 4.69) is 0 Å². The van der Waals surface area contributed by atoms with Gasteiger partial charge in [-0.15, -0.1) is 0 Å². The first-order chi connectivity index (χ1) is 10.1. The Morgan fingerprint density at radius 2 is 2.05 bits per heavy atom. The van der Waals surface area contributed by atoms with Crippen molar-refractivity contribution in [3.63, 3.8) is 0 Å². The van der Waals surface area contributed by atoms with Gasteiger partial charge in [0.2, 0.25) is 0 Å². The molecule has 5 nitrogen and oxygen atoms in total. The molecule has 3 rings (SSSR count). The van der Waals surface area contributed by atoms with E-state index >= 15 is 0 Å². The third-order valence-corrected chi connectivity index (χ3v) is 3.42. The molecule has 1 aliphatic rings. The molecule has 0 saturated heterocycles. The number of carboxylic acids is 1. The van der Waals surface area contributed by atoms with Crippen LogP contribution in [-0.4, -0.2) is 23.7 Å². The van der Waals surface area contributed by atoms with E-state index in [1.54, 1.807) is 12.1 Å². The summed E-state index contributed by atoms with van der Waals surface area (Å²) in [4.78, 5) is 13.0. The highest BCUT2D eigenvalue weighted by atomic mass is 16.5. The van der Waals surface area contributed by atoms with Crippen LogP contribution >= 0.6 is 0 Å². The Morgan fingerprint density at radius 3 is 2.76 bits per heavy atom. The van der Waals surface area contributed by atoms with Crippen LogP contribution in [0.2, 0.25) is 0 Å². The fraction of sp³-hybridized carbons (Fsp3) is 0.188. The molecular formula is C16H16N2O3. The molecule has 3 N–H and O–H groups in total. The summed E-state index contributed by atoms with van der Waals surface area (Å²) in [6.45, 7) is 0.479. The summed E-state index contributed by atoms with van der Waals surface area (Å²) < 4.78 is 5.77. The third kappa shape index (κ3) is 2.76. The lowest BCUT2D eigenvalue weighted by molar-refractivity contribution is -0.138. The summed E-state index contributed by atoms with van der Waals surface area (Å²) in [7, 11) is 0. The van der Waals surface area contributed by atoms with E-state index in [9.17, 15) is 4.79 Å². The Labute approximate surface area is 122 Å². The number of fused-ring (bicyclic) bond motifs is 1. The number of ether oxygens (including phenoxy) is 1. The van der Waals surface area contributed by atoms with Crippen molar-refractivity contribution in [3.8, 4) is 5.75 Å². The molecule has 0 aliphatic carbocycles. The maximum atomic E-state index is 11.0. The molecule has 0 spiro atoms. The zero-order chi connectivity index (χ0) is 14.8. The van der Waals surface area contributed by atoms with Crippen LogP contribution in [0.1, 0.15) is 6.42 Å². The molecule has 5 heteroatoms. The zero-order valence-electron chi connectivity index (χ0n) is 11.4. The Morgan fingerprint density at radius 1 is 1.29 bits per heavy atom. The van der Waals surface area contributed by atoms with E-state index < -0.39 is 5.97 Å². The van der Waals surface area contributed by atoms with Crippen molar-refractivity contribution in [2.24, 2.45) is 0 Å². The SMILES string of the molecule is Nc1ccc2c(c1)N(c1ccccc1)CC(CC(=O)O)O2. The Balaban J connectivity index is 2.01. The van der Waals surface area contributed by atoms with E-state index in [1.165, 1.54) is 0 Å². The summed E-state index contributed by atoms with van der Waals surface area (Å²) in [5.41, 5.74) is 8.36. The molecule has 2 aromatic rings. The number of hydrogen-bond acceptors (Lipinski definition) is 4. The number of carbonyl (C=O) groups is 1. The molecule has 0 saturated carbocycles. The minimum Gasteiger partial charge on any atom is -0.486 e. The summed E-state index contributed by atoms with van der Waals surface area (Å²) in [6, 6.07) is 15.2. The fourth-order valence-electron chi connectivity index (χ4n) is 2.52. The highest BCUT2D eigenvalue weighted by molar-refractivity contribution is 5.75. The van der Waals surface area contributed by atoms with Gasteiger partial charge in [0.1, 0.15) is 11.9 Å². The fourth-order valence-corrected chi connectivity index (χ4v) is 2.52. The van der Waals surface area contributed by atoms with Crippen LogP contribution in [0.4, 0.5) is 17.1 Å². The molecular weight excluding hydrogens is 268 g/mol. The van der Waals surface area contributed by atoms with Crippen molar-refractivity contribution in [1.82, 2.24) is 0 Å². The predicted octanol–water partition coefficient (Wildman–Crippen LogP) is 2.64. The van der Waals surface area contributed by atoms with E-state index in [-0.39, 0.29) is 12.5 Å². The Kier molecular flexibility index (Phi) is 3.39. The second-order valence-electron chi connectivity index (χ2n) is 5.01. The molecule has 0 fully saturated rings. The van der Waals surface area contributed by atoms with Crippen molar-refractivity contribution in [3.05, 3.63) is 48.5 Å². The van der Waals surface area contributed by atoms with Gasteiger partial charge in [0.15, 0.2) is 0 Å². The average molecular weight is 284 g/mol. The topological polar surface area (TPSA) is 75.8 Å². The first-order valence-electron chi connectivity index (χ1n) is 6.74. The Hall–Kier alpha value is -2.69. The quantitative estimate of drug-likeness (QED) is 0.847. The van der Waals surface area contributed by atoms with E-state index in [4.69, 9.17) is 15.6 Å². The Bertz CT molecular complexity index is 658. The number of anilines is 3. The van der Waals surface area contributed by atoms with Gasteiger partial charge in [-0.2, -0.15) is 0 Å². The van der Waals surface area contributed by atoms with Crippen molar-refractivity contribution in [1.29, 1.82) is 0 Å². The second kappa shape index (κ2) is 5.36. The predicted molar refractivity (Wildman–Crippen MR) is 81.0 cm³/mol. The number of aliphatic carboxylic acids is 1. The van der Waals surface area contributed by atoms with Gasteiger partial charge in [-0.05, 0) is 30.3 Å². The molecule has 1 heterocycles. The largest absolute Gasteiger partial charge is 0.486 e. The molecule has 108 valence electrons. The average Bonchev–Trinajstić information content (AvgIpc) is 2.47. The molecule has 0 bridgehead atoms. The third-order valence-electron chi connectivity index (χ3n) is 3.42. The summed E-state index contributed by atoms with van der Waals surface area (Å²) in [6.07, 6.45) is -0.425. The minimum atomic E-state index is -0.869. The molecule has 0 amide bonds. The number of nitrogens with zero attached hydrogens (tertiary/aromatic N) is 1. The molecule has 1 unspecified atom stereocenters. The number of benzene rings is 2. The van der Waals surface area contributed by atoms with Gasteiger partial charge < -0.3 is 20.5 Å². The van der Waals surface area contributed by atoms with Crippen molar-refractivity contribution >= 4 is 23.0 Å². The van der Waals surface area contributed by atoms with Crippen molar-refractivity contribution < 1.29 is 14.6 Å². The molecule has 0 radical (unpaired) electrons. The molecule has 2 aromatic carbocycles. The molecule has 0 aromatic heterocycles. The highest BCUT2D eigenvalue weighted by Gasteiger charge is 2.28. The summed E-state index contributed by atoms with van der Waals surface area (Å²) in [5.74, 6) is -0.211. The normalized spacial score (nSPS) is 17.0. The lowest BCUT2D eigenvalue weighted by Crippen LogP contribution is -2.38. The van der Waals surface area contributed by atoms with E-state index in [0.717, 1.165) is 11.4 Å². The number of carboxylic acid groups (broad SMARTS) is 1. The minimum absolute atomic E-state index is 0.0346. The standard InChI is InChI=1S/C16H16N2O3/c17-11-6-7-15-14(8-11)18(12-4-2-1-3-5-12)10-13(21-15)9-16(19)20/h1-8,13H,9-10,17H2,(H,19,20). The lowest BCUT2D eigenvalue weighted by atomic mass is 10.1. The second-order valence-corrected chi connectivity index (χ2v) is 5.01. The summed E-state index contributed by atoms with van der Waals surface area (Å²) in [5, 5.41) is 9.00. The van der Waals surface area contributed by atoms with Crippen LogP contribution in [-0.2, 0) is 4.79 Å². The van der Waals surface area contributed by atoms with Gasteiger partial charge in [0.05, 0.1) is 18.7 Å². The van der Waals surface area contributed by atoms with Crippen LogP contribution in [0.5, 0.6) is 5.75 Å². The van der Waals surface area contributed by atoms with Crippen LogP contribution < -0.4 is 15.4 Å². The van der Waals surface area contributed by atoms with E-state index in [1.807, 2.05) is 41.3 Å². The van der Waals surface area contributed by atoms with Gasteiger partial charge in [-0.1, -0.05) is 18.2 Å². The van der Waals surface area contributed by atoms with Gasteiger partial charge in [0, 0.05) is 11.4 Å². The number of nitrogens with two attached hydrogens (primary N) is 1. The number of para-hydroxylation sites is 1. The monoisotopic (exact) mass is 284 g/mol. The number of hydrogen-bond donors (Lipinski definition) is 2. The number of nitrogen functional groups attached to an aromatic ring is 1. The molecule has 1 aliphatic heterocycles. The number of rotatable bonds is 3. The van der Waals surface area contributed by atoms with Gasteiger partial charge >= 0.3 is 5.97 Å². The first kappa shape index (κ1) is 13.3. The maximum Gasteiger partial charge on any atom is 0.307 e. The van der Waals surface area contributed by atoms with Crippen molar-refractivity contribution in [2.45, 2.75) is 12.5 Å². The lowest BCUT2D eigenvalue weighted by Gasteiger charge is -2.36. The van der Waals surface area contributed by atoms with Gasteiger partial charge in [-0.25, -0.2) is 0 Å². The smallest absolute Gasteiger partial charge is 0.307 e. The van der Waals surface area contributed by atoms with Crippen LogP contribution in [0.3, 0.4) is 0 Å². The molecule has 1 atom stereocenters. The zero-order valence-corrected chi connectivity index (χ0v) is 11.4. The highest BCUT2D eigenvalue weighted by Crippen LogP contribution is 2.39.